The Kier molecular flexibility index (Phi) is 5.39. The smallest absolute Gasteiger partial charge is 0.253 e. The third kappa shape index (κ3) is 4.05. The number of nitrogens with one attached hydrogen (secondary N) is 1. The van der Waals surface area contributed by atoms with Crippen LogP contribution in [-0.4, -0.2) is 59.2 Å². The molecular weight excluding hydrogens is 368 g/mol. The zero-order chi connectivity index (χ0) is 20.2. The number of ether oxygens (including phenoxy) is 1. The third-order valence-corrected chi connectivity index (χ3v) is 4.92. The fourth-order valence-electron chi connectivity index (χ4n) is 3.34. The molecule has 1 aliphatic heterocycles. The summed E-state index contributed by atoms with van der Waals surface area (Å²) in [5, 5.41) is 13.1. The van der Waals surface area contributed by atoms with Crippen LogP contribution in [0.15, 0.2) is 54.9 Å². The van der Waals surface area contributed by atoms with Crippen molar-refractivity contribution in [2.75, 3.05) is 33.3 Å². The predicted molar refractivity (Wildman–Crippen MR) is 110 cm³/mol. The number of benzene rings is 2. The molecule has 2 N–H and O–H groups in total. The van der Waals surface area contributed by atoms with Crippen molar-refractivity contribution < 1.29 is 14.6 Å². The van der Waals surface area contributed by atoms with Crippen LogP contribution in [0.3, 0.4) is 0 Å². The van der Waals surface area contributed by atoms with Crippen molar-refractivity contribution in [3.05, 3.63) is 60.4 Å². The number of hydrogen-bond donors (Lipinski definition) is 2. The van der Waals surface area contributed by atoms with Crippen molar-refractivity contribution in [1.82, 2.24) is 20.2 Å². The van der Waals surface area contributed by atoms with Crippen LogP contribution < -0.4 is 10.1 Å². The Morgan fingerprint density at radius 2 is 1.79 bits per heavy atom. The van der Waals surface area contributed by atoms with E-state index >= 15 is 0 Å². The number of hydrogen-bond acceptors (Lipinski definition) is 6. The Morgan fingerprint density at radius 3 is 2.52 bits per heavy atom. The summed E-state index contributed by atoms with van der Waals surface area (Å²) in [5.41, 5.74) is 3.57. The molecule has 1 amide bonds. The summed E-state index contributed by atoms with van der Waals surface area (Å²) >= 11 is 0. The number of rotatable bonds is 4. The van der Waals surface area contributed by atoms with E-state index in [1.165, 1.54) is 7.11 Å². The lowest BCUT2D eigenvalue weighted by atomic mass is 10.1. The molecule has 0 atom stereocenters. The van der Waals surface area contributed by atoms with E-state index in [0.29, 0.717) is 35.8 Å². The largest absolute Gasteiger partial charge is 0.504 e. The molecule has 1 saturated heterocycles. The number of aromatic hydroxyl groups is 1. The first-order valence-electron chi connectivity index (χ1n) is 9.45. The molecule has 0 aliphatic carbocycles. The summed E-state index contributed by atoms with van der Waals surface area (Å²) in [6.07, 6.45) is 3.33. The second kappa shape index (κ2) is 8.28. The van der Waals surface area contributed by atoms with Gasteiger partial charge in [-0.3, -0.25) is 9.78 Å². The molecule has 148 valence electrons. The number of methoxy groups -OCH3 is 1. The highest BCUT2D eigenvalue weighted by atomic mass is 16.5. The highest BCUT2D eigenvalue weighted by molar-refractivity contribution is 5.95. The van der Waals surface area contributed by atoms with Gasteiger partial charge in [-0.1, -0.05) is 12.1 Å². The molecule has 2 heterocycles. The molecule has 0 bridgehead atoms. The van der Waals surface area contributed by atoms with Crippen LogP contribution >= 0.6 is 0 Å². The topological polar surface area (TPSA) is 87.6 Å². The van der Waals surface area contributed by atoms with Gasteiger partial charge >= 0.3 is 0 Å². The normalized spacial score (nSPS) is 13.9. The minimum atomic E-state index is 0.0285. The van der Waals surface area contributed by atoms with Crippen LogP contribution in [0.1, 0.15) is 10.4 Å². The highest BCUT2D eigenvalue weighted by Gasteiger charge is 2.18. The lowest BCUT2D eigenvalue weighted by molar-refractivity contribution is 0.0736. The molecule has 2 aromatic carbocycles. The van der Waals surface area contributed by atoms with Crippen LogP contribution in [0, 0.1) is 0 Å². The summed E-state index contributed by atoms with van der Waals surface area (Å²) in [6, 6.07) is 12.5. The first kappa shape index (κ1) is 18.9. The summed E-state index contributed by atoms with van der Waals surface area (Å²) in [5.74, 6) is 0.471. The molecule has 4 rings (SSSR count). The monoisotopic (exact) mass is 390 g/mol. The first-order valence-corrected chi connectivity index (χ1v) is 9.45. The number of phenols is 1. The zero-order valence-corrected chi connectivity index (χ0v) is 16.1. The minimum Gasteiger partial charge on any atom is -0.504 e. The average molecular weight is 390 g/mol. The van der Waals surface area contributed by atoms with Crippen molar-refractivity contribution in [2.24, 2.45) is 0 Å². The number of piperazine rings is 1. The van der Waals surface area contributed by atoms with Gasteiger partial charge in [0.25, 0.3) is 5.91 Å². The molecule has 0 saturated carbocycles. The number of carbonyl (C=O) groups excluding carboxylic acids is 1. The summed E-state index contributed by atoms with van der Waals surface area (Å²) in [6.45, 7) is 3.05. The molecule has 29 heavy (non-hydrogen) atoms. The van der Waals surface area contributed by atoms with Crippen LogP contribution in [0.5, 0.6) is 11.5 Å². The maximum Gasteiger partial charge on any atom is 0.253 e. The fraction of sp³-hybridized carbons (Fsp3) is 0.227. The Morgan fingerprint density at radius 1 is 1.07 bits per heavy atom. The maximum atomic E-state index is 12.8. The van der Waals surface area contributed by atoms with Crippen molar-refractivity contribution in [2.45, 2.75) is 0 Å². The fourth-order valence-corrected chi connectivity index (χ4v) is 3.34. The van der Waals surface area contributed by atoms with Crippen LogP contribution in [0.4, 0.5) is 0 Å². The average Bonchev–Trinajstić information content (AvgIpc) is 2.79. The summed E-state index contributed by atoms with van der Waals surface area (Å²) in [4.78, 5) is 23.7. The number of phenolic OH excluding ortho intramolecular Hbond substituents is 1. The van der Waals surface area contributed by atoms with E-state index in [1.807, 2.05) is 29.2 Å². The SMILES string of the molecule is COc1cc(-c2cncc(-c3cccc(C(=O)N4CCNCC4)c3)n2)ccc1O. The molecule has 7 nitrogen and oxygen atoms in total. The molecular formula is C22H22N4O3. The van der Waals surface area contributed by atoms with E-state index < -0.39 is 0 Å². The summed E-state index contributed by atoms with van der Waals surface area (Å²) < 4.78 is 5.18. The summed E-state index contributed by atoms with van der Waals surface area (Å²) in [7, 11) is 1.50. The van der Waals surface area contributed by atoms with Gasteiger partial charge in [-0.25, -0.2) is 4.98 Å². The predicted octanol–water partition coefficient (Wildman–Crippen LogP) is 2.57. The van der Waals surface area contributed by atoms with E-state index in [0.717, 1.165) is 24.2 Å². The van der Waals surface area contributed by atoms with Crippen molar-refractivity contribution >= 4 is 5.91 Å². The van der Waals surface area contributed by atoms with Crippen molar-refractivity contribution in [3.63, 3.8) is 0 Å². The molecule has 0 spiro atoms. The Hall–Kier alpha value is -3.45. The standard InChI is InChI=1S/C22H22N4O3/c1-29-21-12-16(5-6-20(21)27)19-14-24-13-18(25-19)15-3-2-4-17(11-15)22(28)26-9-7-23-8-10-26/h2-6,11-14,23,27H,7-10H2,1H3. The van der Waals surface area contributed by atoms with Gasteiger partial charge in [0, 0.05) is 42.9 Å². The number of aromatic nitrogens is 2. The third-order valence-electron chi connectivity index (χ3n) is 4.92. The second-order valence-electron chi connectivity index (χ2n) is 6.80. The van der Waals surface area contributed by atoms with Gasteiger partial charge in [-0.15, -0.1) is 0 Å². The zero-order valence-electron chi connectivity index (χ0n) is 16.1. The lowest BCUT2D eigenvalue weighted by Crippen LogP contribution is -2.46. The Balaban J connectivity index is 1.64. The number of carbonyl (C=O) groups is 1. The van der Waals surface area contributed by atoms with Gasteiger partial charge in [0.05, 0.1) is 30.9 Å². The Labute approximate surface area is 169 Å². The Bertz CT molecular complexity index is 1030. The molecule has 1 aliphatic rings. The maximum absolute atomic E-state index is 12.8. The highest BCUT2D eigenvalue weighted by Crippen LogP contribution is 2.31. The van der Waals surface area contributed by atoms with E-state index in [-0.39, 0.29) is 11.7 Å². The minimum absolute atomic E-state index is 0.0285. The number of nitrogens with zero attached hydrogens (tertiary/aromatic N) is 3. The van der Waals surface area contributed by atoms with Crippen molar-refractivity contribution in [3.8, 4) is 34.0 Å². The molecule has 1 aromatic heterocycles. The van der Waals surface area contributed by atoms with Gasteiger partial charge in [0.2, 0.25) is 0 Å². The van der Waals surface area contributed by atoms with Crippen LogP contribution in [0.2, 0.25) is 0 Å². The van der Waals surface area contributed by atoms with E-state index in [2.05, 4.69) is 10.3 Å². The van der Waals surface area contributed by atoms with Gasteiger partial charge < -0.3 is 20.1 Å². The molecule has 0 unspecified atom stereocenters. The number of amides is 1. The van der Waals surface area contributed by atoms with Crippen LogP contribution in [-0.2, 0) is 0 Å². The van der Waals surface area contributed by atoms with Gasteiger partial charge in [-0.2, -0.15) is 0 Å². The molecule has 1 fully saturated rings. The molecule has 0 radical (unpaired) electrons. The van der Waals surface area contributed by atoms with Crippen molar-refractivity contribution in [1.29, 1.82) is 0 Å². The van der Waals surface area contributed by atoms with Gasteiger partial charge in [0.1, 0.15) is 0 Å². The molecule has 7 heteroatoms. The van der Waals surface area contributed by atoms with Gasteiger partial charge in [0.15, 0.2) is 11.5 Å². The van der Waals surface area contributed by atoms with Crippen LogP contribution in [0.25, 0.3) is 22.5 Å². The lowest BCUT2D eigenvalue weighted by Gasteiger charge is -2.27. The molecule has 3 aromatic rings. The van der Waals surface area contributed by atoms with Gasteiger partial charge in [-0.05, 0) is 30.3 Å². The van der Waals surface area contributed by atoms with E-state index in [9.17, 15) is 9.90 Å². The van der Waals surface area contributed by atoms with E-state index in [1.54, 1.807) is 30.6 Å². The first-order chi connectivity index (χ1) is 14.2. The quantitative estimate of drug-likeness (QED) is 0.712. The van der Waals surface area contributed by atoms with E-state index in [4.69, 9.17) is 9.72 Å². The second-order valence-corrected chi connectivity index (χ2v) is 6.80.